The van der Waals surface area contributed by atoms with Crippen molar-refractivity contribution >= 4 is 16.8 Å². The van der Waals surface area contributed by atoms with E-state index in [4.69, 9.17) is 5.11 Å². The van der Waals surface area contributed by atoms with Crippen molar-refractivity contribution in [2.75, 3.05) is 18.2 Å². The monoisotopic (exact) mass is 222 g/mol. The van der Waals surface area contributed by atoms with Gasteiger partial charge >= 0.3 is 5.97 Å². The number of hydrogen-bond donors (Lipinski definition) is 1. The third-order valence-corrected chi connectivity index (χ3v) is 4.13. The molecule has 1 atom stereocenters. The van der Waals surface area contributed by atoms with Crippen LogP contribution in [0, 0.1) is 5.41 Å². The van der Waals surface area contributed by atoms with Crippen molar-refractivity contribution in [3.63, 3.8) is 0 Å². The second-order valence-corrected chi connectivity index (χ2v) is 5.48. The fourth-order valence-corrected chi connectivity index (χ4v) is 3.15. The molecule has 0 aromatic carbocycles. The molecule has 1 saturated carbocycles. The van der Waals surface area contributed by atoms with Crippen LogP contribution in [0.3, 0.4) is 0 Å². The maximum atomic E-state index is 11.8. The van der Waals surface area contributed by atoms with Gasteiger partial charge in [-0.25, -0.2) is 0 Å². The van der Waals surface area contributed by atoms with E-state index in [2.05, 4.69) is 0 Å². The molecule has 3 nitrogen and oxygen atoms in total. The van der Waals surface area contributed by atoms with Gasteiger partial charge in [0, 0.05) is 22.3 Å². The van der Waals surface area contributed by atoms with Gasteiger partial charge in [-0.2, -0.15) is 0 Å². The molecule has 1 fully saturated rings. The second kappa shape index (κ2) is 4.87. The Bertz CT molecular complexity index is 238. The van der Waals surface area contributed by atoms with Crippen molar-refractivity contribution in [3.8, 4) is 0 Å². The van der Waals surface area contributed by atoms with E-state index in [1.165, 1.54) is 0 Å². The Kier molecular flexibility index (Phi) is 4.04. The van der Waals surface area contributed by atoms with Crippen LogP contribution in [0.15, 0.2) is 0 Å². The number of carboxylic acids is 1. The van der Waals surface area contributed by atoms with Gasteiger partial charge in [-0.05, 0) is 24.7 Å². The summed E-state index contributed by atoms with van der Waals surface area (Å²) in [6, 6.07) is 0. The summed E-state index contributed by atoms with van der Waals surface area (Å²) in [4.78, 5) is 10.5. The van der Waals surface area contributed by atoms with E-state index in [1.54, 1.807) is 0 Å². The quantitative estimate of drug-likeness (QED) is 0.707. The van der Waals surface area contributed by atoms with Crippen LogP contribution < -0.4 is 0 Å². The van der Waals surface area contributed by atoms with Gasteiger partial charge in [0.1, 0.15) is 0 Å². The SMILES string of the molecule is O=C(O)CC1(CS(=O)CCCF)CC1. The Hall–Kier alpha value is -0.450. The average Bonchev–Trinajstić information content (AvgIpc) is 2.80. The van der Waals surface area contributed by atoms with Gasteiger partial charge in [0.05, 0.1) is 13.1 Å². The zero-order valence-electron chi connectivity index (χ0n) is 8.00. The molecule has 14 heavy (non-hydrogen) atoms. The van der Waals surface area contributed by atoms with Crippen LogP contribution in [0.25, 0.3) is 0 Å². The number of alkyl halides is 1. The maximum absolute atomic E-state index is 11.8. The fourth-order valence-electron chi connectivity index (χ4n) is 1.50. The van der Waals surface area contributed by atoms with Crippen molar-refractivity contribution < 1.29 is 18.5 Å². The molecule has 0 aromatic heterocycles. The van der Waals surface area contributed by atoms with Crippen molar-refractivity contribution in [2.45, 2.75) is 25.7 Å². The maximum Gasteiger partial charge on any atom is 0.303 e. The van der Waals surface area contributed by atoms with Gasteiger partial charge in [0.25, 0.3) is 0 Å². The molecular weight excluding hydrogens is 207 g/mol. The van der Waals surface area contributed by atoms with Crippen molar-refractivity contribution in [1.82, 2.24) is 0 Å². The molecular formula is C9H15FO3S. The molecule has 1 rings (SSSR count). The topological polar surface area (TPSA) is 54.4 Å². The van der Waals surface area contributed by atoms with Crippen LogP contribution >= 0.6 is 0 Å². The lowest BCUT2D eigenvalue weighted by molar-refractivity contribution is -0.138. The highest BCUT2D eigenvalue weighted by molar-refractivity contribution is 7.85. The third-order valence-electron chi connectivity index (χ3n) is 2.46. The predicted octanol–water partition coefficient (Wildman–Crippen LogP) is 1.35. The normalized spacial score (nSPS) is 20.4. The molecule has 0 aliphatic heterocycles. The summed E-state index contributed by atoms with van der Waals surface area (Å²) in [5, 5.41) is 8.62. The van der Waals surface area contributed by atoms with E-state index in [1.807, 2.05) is 0 Å². The molecule has 0 amide bonds. The Morgan fingerprint density at radius 1 is 1.50 bits per heavy atom. The largest absolute Gasteiger partial charge is 0.481 e. The summed E-state index contributed by atoms with van der Waals surface area (Å²) >= 11 is 0. The van der Waals surface area contributed by atoms with Gasteiger partial charge < -0.3 is 5.11 Å². The van der Waals surface area contributed by atoms with E-state index in [-0.39, 0.29) is 11.8 Å². The lowest BCUT2D eigenvalue weighted by Crippen LogP contribution is -2.18. The molecule has 0 spiro atoms. The summed E-state index contributed by atoms with van der Waals surface area (Å²) in [5.41, 5.74) is -0.229. The number of hydrogen-bond acceptors (Lipinski definition) is 2. The van der Waals surface area contributed by atoms with Crippen LogP contribution in [0.1, 0.15) is 25.7 Å². The minimum atomic E-state index is -1.05. The van der Waals surface area contributed by atoms with E-state index in [0.29, 0.717) is 17.9 Å². The predicted molar refractivity (Wildman–Crippen MR) is 52.4 cm³/mol. The van der Waals surface area contributed by atoms with E-state index >= 15 is 0 Å². The number of aliphatic carboxylic acids is 1. The summed E-state index contributed by atoms with van der Waals surface area (Å²) in [6.07, 6.45) is 2.12. The lowest BCUT2D eigenvalue weighted by atomic mass is 10.1. The molecule has 82 valence electrons. The smallest absolute Gasteiger partial charge is 0.303 e. The number of carboxylic acid groups (broad SMARTS) is 1. The molecule has 0 heterocycles. The molecule has 5 heteroatoms. The zero-order valence-corrected chi connectivity index (χ0v) is 8.82. The molecule has 0 radical (unpaired) electrons. The third kappa shape index (κ3) is 3.74. The van der Waals surface area contributed by atoms with Crippen molar-refractivity contribution in [1.29, 1.82) is 0 Å². The first-order valence-corrected chi connectivity index (χ1v) is 6.19. The first-order chi connectivity index (χ1) is 6.58. The highest BCUT2D eigenvalue weighted by Gasteiger charge is 2.45. The Morgan fingerprint density at radius 2 is 2.14 bits per heavy atom. The summed E-state index contributed by atoms with van der Waals surface area (Å²) in [5.74, 6) is -0.0399. The fraction of sp³-hybridized carbons (Fsp3) is 0.889. The summed E-state index contributed by atoms with van der Waals surface area (Å²) in [7, 11) is -1.05. The van der Waals surface area contributed by atoms with Crippen LogP contribution in [-0.4, -0.2) is 33.5 Å². The van der Waals surface area contributed by atoms with Crippen molar-refractivity contribution in [3.05, 3.63) is 0 Å². The Labute approximate surface area is 85.1 Å². The van der Waals surface area contributed by atoms with E-state index < -0.39 is 23.4 Å². The van der Waals surface area contributed by atoms with Gasteiger partial charge in [-0.3, -0.25) is 13.4 Å². The molecule has 1 unspecified atom stereocenters. The number of rotatable bonds is 7. The van der Waals surface area contributed by atoms with Crippen LogP contribution in [0.5, 0.6) is 0 Å². The Morgan fingerprint density at radius 3 is 2.57 bits per heavy atom. The molecule has 1 N–H and O–H groups in total. The standard InChI is InChI=1S/C9H15FO3S/c10-4-1-5-14(13)7-9(2-3-9)6-8(11)12/h1-7H2,(H,11,12). The number of halogens is 1. The molecule has 1 aliphatic rings. The summed E-state index contributed by atoms with van der Waals surface area (Å²) < 4.78 is 23.2. The van der Waals surface area contributed by atoms with Crippen LogP contribution in [-0.2, 0) is 15.6 Å². The minimum absolute atomic E-state index is 0.106. The molecule has 0 bridgehead atoms. The first kappa shape index (κ1) is 11.6. The molecule has 0 saturated heterocycles. The Balaban J connectivity index is 2.28. The second-order valence-electron chi connectivity index (χ2n) is 3.90. The van der Waals surface area contributed by atoms with E-state index in [0.717, 1.165) is 12.8 Å². The zero-order chi connectivity index (χ0) is 10.6. The van der Waals surface area contributed by atoms with Gasteiger partial charge in [0.15, 0.2) is 0 Å². The van der Waals surface area contributed by atoms with E-state index in [9.17, 15) is 13.4 Å². The highest BCUT2D eigenvalue weighted by atomic mass is 32.2. The lowest BCUT2D eigenvalue weighted by Gasteiger charge is -2.10. The van der Waals surface area contributed by atoms with Crippen LogP contribution in [0.4, 0.5) is 4.39 Å². The van der Waals surface area contributed by atoms with Gasteiger partial charge in [0.2, 0.25) is 0 Å². The molecule has 1 aliphatic carbocycles. The highest BCUT2D eigenvalue weighted by Crippen LogP contribution is 2.49. The average molecular weight is 222 g/mol. The summed E-state index contributed by atoms with van der Waals surface area (Å²) in [6.45, 7) is -0.447. The van der Waals surface area contributed by atoms with Gasteiger partial charge in [-0.15, -0.1) is 0 Å². The first-order valence-electron chi connectivity index (χ1n) is 4.71. The molecule has 0 aromatic rings. The minimum Gasteiger partial charge on any atom is -0.481 e. The van der Waals surface area contributed by atoms with Crippen LogP contribution in [0.2, 0.25) is 0 Å². The van der Waals surface area contributed by atoms with Gasteiger partial charge in [-0.1, -0.05) is 0 Å². The van der Waals surface area contributed by atoms with Crippen molar-refractivity contribution in [2.24, 2.45) is 5.41 Å². The number of carbonyl (C=O) groups is 1.